The summed E-state index contributed by atoms with van der Waals surface area (Å²) in [6.07, 6.45) is 0.335. The Bertz CT molecular complexity index is 632. The van der Waals surface area contributed by atoms with Crippen LogP contribution in [0.2, 0.25) is 0 Å². The number of carbonyl (C=O) groups is 1. The number of nitrogens with one attached hydrogen (secondary N) is 1. The van der Waals surface area contributed by atoms with Crippen molar-refractivity contribution < 1.29 is 18.3 Å². The van der Waals surface area contributed by atoms with Gasteiger partial charge in [-0.2, -0.15) is 8.78 Å². The van der Waals surface area contributed by atoms with E-state index in [0.29, 0.717) is 12.0 Å². The van der Waals surface area contributed by atoms with Crippen molar-refractivity contribution in [2.45, 2.75) is 32.4 Å². The molecule has 2 aromatic carbocycles. The Balaban J connectivity index is 1.90. The van der Waals surface area contributed by atoms with Crippen molar-refractivity contribution in [3.8, 4) is 5.75 Å². The summed E-state index contributed by atoms with van der Waals surface area (Å²) in [6, 6.07) is 16.2. The summed E-state index contributed by atoms with van der Waals surface area (Å²) in [5.74, 6) is 0.0378. The lowest BCUT2D eigenvalue weighted by Gasteiger charge is -2.14. The van der Waals surface area contributed by atoms with Crippen LogP contribution in [-0.4, -0.2) is 12.5 Å². The van der Waals surface area contributed by atoms with E-state index in [-0.39, 0.29) is 24.1 Å². The van der Waals surface area contributed by atoms with Gasteiger partial charge < -0.3 is 10.1 Å². The first-order valence-electron chi connectivity index (χ1n) is 7.40. The van der Waals surface area contributed by atoms with E-state index in [1.807, 2.05) is 37.3 Å². The molecule has 0 aliphatic heterocycles. The summed E-state index contributed by atoms with van der Waals surface area (Å²) in [5.41, 5.74) is 1.61. The monoisotopic (exact) mass is 319 g/mol. The van der Waals surface area contributed by atoms with Crippen LogP contribution in [0.1, 0.15) is 30.4 Å². The molecule has 3 nitrogen and oxygen atoms in total. The van der Waals surface area contributed by atoms with E-state index in [0.717, 1.165) is 5.56 Å². The Morgan fingerprint density at radius 1 is 1.09 bits per heavy atom. The highest BCUT2D eigenvalue weighted by atomic mass is 19.3. The maximum atomic E-state index is 12.3. The van der Waals surface area contributed by atoms with Gasteiger partial charge in [0, 0.05) is 18.5 Å². The van der Waals surface area contributed by atoms with Gasteiger partial charge in [-0.3, -0.25) is 4.79 Å². The van der Waals surface area contributed by atoms with Crippen LogP contribution in [0, 0.1) is 0 Å². The molecule has 2 rings (SSSR count). The zero-order valence-corrected chi connectivity index (χ0v) is 12.8. The van der Waals surface area contributed by atoms with Crippen LogP contribution < -0.4 is 10.1 Å². The molecule has 0 heterocycles. The molecule has 1 atom stereocenters. The average molecular weight is 319 g/mol. The normalized spacial score (nSPS) is 12.0. The molecule has 0 saturated heterocycles. The minimum atomic E-state index is -2.88. The van der Waals surface area contributed by atoms with Gasteiger partial charge in [-0.05, 0) is 17.5 Å². The lowest BCUT2D eigenvalue weighted by atomic mass is 9.97. The number of halogens is 2. The van der Waals surface area contributed by atoms with Gasteiger partial charge in [0.1, 0.15) is 5.75 Å². The second-order valence-electron chi connectivity index (χ2n) is 5.28. The third-order valence-corrected chi connectivity index (χ3v) is 3.52. The SMILES string of the molecule is CC(CC(=O)NCc1ccccc1OC(F)F)c1ccccc1. The fourth-order valence-electron chi connectivity index (χ4n) is 2.30. The van der Waals surface area contributed by atoms with Crippen LogP contribution in [-0.2, 0) is 11.3 Å². The fraction of sp³-hybridized carbons (Fsp3) is 0.278. The van der Waals surface area contributed by atoms with Crippen molar-refractivity contribution >= 4 is 5.91 Å². The highest BCUT2D eigenvalue weighted by Crippen LogP contribution is 2.21. The number of amides is 1. The molecule has 1 amide bonds. The Hall–Kier alpha value is -2.43. The van der Waals surface area contributed by atoms with E-state index < -0.39 is 6.61 Å². The molecule has 23 heavy (non-hydrogen) atoms. The zero-order chi connectivity index (χ0) is 16.7. The molecule has 0 radical (unpaired) electrons. The quantitative estimate of drug-likeness (QED) is 0.834. The fourth-order valence-corrected chi connectivity index (χ4v) is 2.30. The van der Waals surface area contributed by atoms with Crippen LogP contribution in [0.15, 0.2) is 54.6 Å². The Labute approximate surface area is 134 Å². The molecule has 0 spiro atoms. The minimum absolute atomic E-state index is 0.0823. The largest absolute Gasteiger partial charge is 0.434 e. The molecule has 1 unspecified atom stereocenters. The summed E-state index contributed by atoms with van der Waals surface area (Å²) >= 11 is 0. The molecule has 0 saturated carbocycles. The van der Waals surface area contributed by atoms with Crippen molar-refractivity contribution in [2.75, 3.05) is 0 Å². The van der Waals surface area contributed by atoms with Gasteiger partial charge in [0.05, 0.1) is 0 Å². The Morgan fingerprint density at radius 2 is 1.74 bits per heavy atom. The Morgan fingerprint density at radius 3 is 2.43 bits per heavy atom. The first kappa shape index (κ1) is 16.9. The average Bonchev–Trinajstić information content (AvgIpc) is 2.54. The van der Waals surface area contributed by atoms with E-state index in [4.69, 9.17) is 0 Å². The molecule has 1 N–H and O–H groups in total. The second-order valence-corrected chi connectivity index (χ2v) is 5.28. The molecule has 2 aromatic rings. The van der Waals surface area contributed by atoms with Gasteiger partial charge in [0.15, 0.2) is 0 Å². The second kappa shape index (κ2) is 8.27. The van der Waals surface area contributed by atoms with Gasteiger partial charge in [-0.15, -0.1) is 0 Å². The molecular weight excluding hydrogens is 300 g/mol. The molecule has 0 aliphatic carbocycles. The van der Waals surface area contributed by atoms with Crippen LogP contribution in [0.25, 0.3) is 0 Å². The molecule has 0 aliphatic rings. The van der Waals surface area contributed by atoms with E-state index in [1.165, 1.54) is 6.07 Å². The van der Waals surface area contributed by atoms with Crippen molar-refractivity contribution in [2.24, 2.45) is 0 Å². The number of ether oxygens (including phenoxy) is 1. The summed E-state index contributed by atoms with van der Waals surface area (Å²) in [4.78, 5) is 12.0. The summed E-state index contributed by atoms with van der Waals surface area (Å²) in [6.45, 7) is -0.753. The van der Waals surface area contributed by atoms with Crippen molar-refractivity contribution in [1.82, 2.24) is 5.32 Å². The van der Waals surface area contributed by atoms with E-state index in [9.17, 15) is 13.6 Å². The first-order chi connectivity index (χ1) is 11.1. The molecule has 5 heteroatoms. The third kappa shape index (κ3) is 5.36. The van der Waals surface area contributed by atoms with Gasteiger partial charge in [-0.1, -0.05) is 55.5 Å². The maximum Gasteiger partial charge on any atom is 0.387 e. The number of benzene rings is 2. The number of hydrogen-bond donors (Lipinski definition) is 1. The third-order valence-electron chi connectivity index (χ3n) is 3.52. The maximum absolute atomic E-state index is 12.3. The lowest BCUT2D eigenvalue weighted by Crippen LogP contribution is -2.24. The highest BCUT2D eigenvalue weighted by Gasteiger charge is 2.13. The van der Waals surface area contributed by atoms with Crippen LogP contribution in [0.4, 0.5) is 8.78 Å². The standard InChI is InChI=1S/C18H19F2NO2/c1-13(14-7-3-2-4-8-14)11-17(22)21-12-15-9-5-6-10-16(15)23-18(19)20/h2-10,13,18H,11-12H2,1H3,(H,21,22). The van der Waals surface area contributed by atoms with Gasteiger partial charge in [0.2, 0.25) is 5.91 Å². The summed E-state index contributed by atoms with van der Waals surface area (Å²) in [5, 5.41) is 2.75. The topological polar surface area (TPSA) is 38.3 Å². The smallest absolute Gasteiger partial charge is 0.387 e. The number of alkyl halides is 2. The summed E-state index contributed by atoms with van der Waals surface area (Å²) in [7, 11) is 0. The minimum Gasteiger partial charge on any atom is -0.434 e. The predicted molar refractivity (Wildman–Crippen MR) is 84.4 cm³/mol. The molecule has 0 fully saturated rings. The van der Waals surface area contributed by atoms with Crippen LogP contribution >= 0.6 is 0 Å². The zero-order valence-electron chi connectivity index (χ0n) is 12.8. The highest BCUT2D eigenvalue weighted by molar-refractivity contribution is 5.76. The van der Waals surface area contributed by atoms with E-state index in [2.05, 4.69) is 10.1 Å². The van der Waals surface area contributed by atoms with E-state index in [1.54, 1.807) is 18.2 Å². The summed E-state index contributed by atoms with van der Waals surface area (Å²) < 4.78 is 29.1. The van der Waals surface area contributed by atoms with E-state index >= 15 is 0 Å². The van der Waals surface area contributed by atoms with Gasteiger partial charge in [-0.25, -0.2) is 0 Å². The number of para-hydroxylation sites is 1. The molecule has 0 bridgehead atoms. The first-order valence-corrected chi connectivity index (χ1v) is 7.40. The van der Waals surface area contributed by atoms with Crippen molar-refractivity contribution in [3.63, 3.8) is 0 Å². The van der Waals surface area contributed by atoms with Gasteiger partial charge >= 0.3 is 6.61 Å². The van der Waals surface area contributed by atoms with Crippen LogP contribution in [0.5, 0.6) is 5.75 Å². The number of hydrogen-bond acceptors (Lipinski definition) is 2. The van der Waals surface area contributed by atoms with Crippen LogP contribution in [0.3, 0.4) is 0 Å². The van der Waals surface area contributed by atoms with Crippen molar-refractivity contribution in [3.05, 3.63) is 65.7 Å². The number of rotatable bonds is 7. The molecule has 122 valence electrons. The molecule has 0 aromatic heterocycles. The number of carbonyl (C=O) groups excluding carboxylic acids is 1. The van der Waals surface area contributed by atoms with Gasteiger partial charge in [0.25, 0.3) is 0 Å². The molecular formula is C18H19F2NO2. The predicted octanol–water partition coefficient (Wildman–Crippen LogP) is 4.10. The van der Waals surface area contributed by atoms with Crippen molar-refractivity contribution in [1.29, 1.82) is 0 Å². The lowest BCUT2D eigenvalue weighted by molar-refractivity contribution is -0.121. The Kier molecular flexibility index (Phi) is 6.09.